The molecule has 12 unspecified atom stereocenters. The lowest BCUT2D eigenvalue weighted by atomic mass is 9.97. The molecule has 9 N–H and O–H groups in total. The van der Waals surface area contributed by atoms with E-state index < -0.39 is 86.8 Å². The van der Waals surface area contributed by atoms with Gasteiger partial charge < -0.3 is 65.1 Å². The fourth-order valence-corrected chi connectivity index (χ4v) is 10.2. The highest BCUT2D eigenvalue weighted by Gasteiger charge is 2.51. The lowest BCUT2D eigenvalue weighted by molar-refractivity contribution is -0.359. The fraction of sp³-hybridized carbons (Fsp3) is 0.729. The number of hydrogen-bond acceptors (Lipinski definition) is 13. The molecule has 482 valence electrons. The van der Waals surface area contributed by atoms with Crippen LogP contribution in [-0.2, 0) is 23.7 Å². The molecule has 2 aliphatic heterocycles. The van der Waals surface area contributed by atoms with Gasteiger partial charge in [-0.2, -0.15) is 0 Å². The van der Waals surface area contributed by atoms with Crippen molar-refractivity contribution in [3.05, 3.63) is 109 Å². The van der Waals surface area contributed by atoms with E-state index in [1.54, 1.807) is 6.08 Å². The Hall–Kier alpha value is -3.35. The van der Waals surface area contributed by atoms with Crippen LogP contribution in [0.2, 0.25) is 0 Å². The molecular formula is C70H119NO13. The molecule has 0 spiro atoms. The maximum Gasteiger partial charge on any atom is 0.220 e. The van der Waals surface area contributed by atoms with E-state index in [4.69, 9.17) is 18.9 Å². The number of rotatable bonds is 52. The molecule has 0 aromatic carbocycles. The topological polar surface area (TPSA) is 228 Å². The van der Waals surface area contributed by atoms with Crippen LogP contribution in [0.1, 0.15) is 232 Å². The van der Waals surface area contributed by atoms with Crippen LogP contribution in [0.4, 0.5) is 0 Å². The van der Waals surface area contributed by atoms with Crippen molar-refractivity contribution in [1.29, 1.82) is 0 Å². The highest BCUT2D eigenvalue weighted by molar-refractivity contribution is 5.76. The average molecular weight is 1180 g/mol. The third-order valence-corrected chi connectivity index (χ3v) is 15.5. The van der Waals surface area contributed by atoms with Gasteiger partial charge in [-0.3, -0.25) is 4.79 Å². The van der Waals surface area contributed by atoms with Crippen LogP contribution in [0.15, 0.2) is 109 Å². The summed E-state index contributed by atoms with van der Waals surface area (Å²) in [5.41, 5.74) is 0. The number of allylic oxidation sites excluding steroid dienone is 17. The summed E-state index contributed by atoms with van der Waals surface area (Å²) in [5, 5.41) is 87.3. The van der Waals surface area contributed by atoms with E-state index in [0.717, 1.165) is 96.3 Å². The van der Waals surface area contributed by atoms with Gasteiger partial charge >= 0.3 is 0 Å². The maximum atomic E-state index is 13.3. The first kappa shape index (κ1) is 76.7. The molecule has 2 saturated heterocycles. The van der Waals surface area contributed by atoms with Gasteiger partial charge in [-0.05, 0) is 83.5 Å². The zero-order valence-corrected chi connectivity index (χ0v) is 52.1. The van der Waals surface area contributed by atoms with Crippen LogP contribution in [0.5, 0.6) is 0 Å². The number of aliphatic hydroxyl groups excluding tert-OH is 8. The molecule has 14 nitrogen and oxygen atoms in total. The second kappa shape index (κ2) is 53.9. The Morgan fingerprint density at radius 1 is 0.440 bits per heavy atom. The molecule has 14 heteroatoms. The lowest BCUT2D eigenvalue weighted by Gasteiger charge is -2.46. The Kier molecular flexibility index (Phi) is 49.2. The van der Waals surface area contributed by atoms with E-state index in [1.165, 1.54) is 109 Å². The minimum absolute atomic E-state index is 0.245. The molecule has 0 aliphatic carbocycles. The fourth-order valence-electron chi connectivity index (χ4n) is 10.2. The molecule has 0 saturated carbocycles. The first-order valence-electron chi connectivity index (χ1n) is 33.1. The van der Waals surface area contributed by atoms with Crippen molar-refractivity contribution < 1.29 is 64.6 Å². The van der Waals surface area contributed by atoms with Crippen LogP contribution in [0.3, 0.4) is 0 Å². The summed E-state index contributed by atoms with van der Waals surface area (Å²) in [6.07, 6.45) is 59.8. The lowest BCUT2D eigenvalue weighted by Crippen LogP contribution is -2.65. The van der Waals surface area contributed by atoms with Crippen molar-refractivity contribution in [2.75, 3.05) is 19.8 Å². The molecule has 2 fully saturated rings. The predicted octanol–water partition coefficient (Wildman–Crippen LogP) is 12.8. The summed E-state index contributed by atoms with van der Waals surface area (Å²) in [6, 6.07) is -0.938. The van der Waals surface area contributed by atoms with Crippen molar-refractivity contribution in [1.82, 2.24) is 5.32 Å². The van der Waals surface area contributed by atoms with Gasteiger partial charge in [-0.25, -0.2) is 0 Å². The number of nitrogens with one attached hydrogen (secondary N) is 1. The van der Waals surface area contributed by atoms with Gasteiger partial charge in [0, 0.05) is 6.42 Å². The van der Waals surface area contributed by atoms with Gasteiger partial charge in [-0.1, -0.05) is 252 Å². The third kappa shape index (κ3) is 38.0. The van der Waals surface area contributed by atoms with E-state index in [9.17, 15) is 45.6 Å². The highest BCUT2D eigenvalue weighted by Crippen LogP contribution is 2.30. The number of aliphatic hydroxyl groups is 8. The molecule has 0 aromatic heterocycles. The van der Waals surface area contributed by atoms with Gasteiger partial charge in [-0.15, -0.1) is 0 Å². The largest absolute Gasteiger partial charge is 0.394 e. The van der Waals surface area contributed by atoms with E-state index in [-0.39, 0.29) is 18.9 Å². The monoisotopic (exact) mass is 1180 g/mol. The summed E-state index contributed by atoms with van der Waals surface area (Å²) >= 11 is 0. The van der Waals surface area contributed by atoms with Gasteiger partial charge in [0.25, 0.3) is 0 Å². The SMILES string of the molecule is CC/C=C\C/C=C\C/C=C\C/C=C\C/C=C\C/C=C\C/C=C\C/C=C\CCCCCCC(=O)NC(COC1OC(CO)C(OC2OC(CO)C(O)C(O)C2O)C(O)C1O)C(O)/C=C/CCCCCCCCCCCCCCCCCCCCC. The number of carbonyl (C=O) groups is 1. The summed E-state index contributed by atoms with van der Waals surface area (Å²) in [5.74, 6) is -0.267. The third-order valence-electron chi connectivity index (χ3n) is 15.5. The molecule has 2 rings (SSSR count). The van der Waals surface area contributed by atoms with Crippen LogP contribution in [-0.4, -0.2) is 140 Å². The Morgan fingerprint density at radius 3 is 1.26 bits per heavy atom. The molecule has 0 aromatic rings. The Bertz CT molecular complexity index is 1820. The van der Waals surface area contributed by atoms with Crippen molar-refractivity contribution in [3.8, 4) is 0 Å². The molecule has 0 radical (unpaired) electrons. The number of carbonyl (C=O) groups excluding carboxylic acids is 1. The average Bonchev–Trinajstić information content (AvgIpc) is 3.24. The van der Waals surface area contributed by atoms with E-state index in [0.29, 0.717) is 6.42 Å². The summed E-state index contributed by atoms with van der Waals surface area (Å²) in [6.45, 7) is 2.67. The van der Waals surface area contributed by atoms with Crippen molar-refractivity contribution in [2.24, 2.45) is 0 Å². The summed E-state index contributed by atoms with van der Waals surface area (Å²) in [4.78, 5) is 13.3. The van der Waals surface area contributed by atoms with E-state index in [1.807, 2.05) is 6.08 Å². The van der Waals surface area contributed by atoms with E-state index in [2.05, 4.69) is 116 Å². The Morgan fingerprint density at radius 2 is 0.821 bits per heavy atom. The molecule has 1 amide bonds. The summed E-state index contributed by atoms with van der Waals surface area (Å²) in [7, 11) is 0. The molecule has 84 heavy (non-hydrogen) atoms. The first-order valence-corrected chi connectivity index (χ1v) is 33.1. The number of hydrogen-bond donors (Lipinski definition) is 9. The zero-order chi connectivity index (χ0) is 60.9. The minimum atomic E-state index is -1.80. The quantitative estimate of drug-likeness (QED) is 0.0204. The number of unbranched alkanes of at least 4 members (excludes halogenated alkanes) is 23. The van der Waals surface area contributed by atoms with Crippen LogP contribution >= 0.6 is 0 Å². The molecule has 2 aliphatic rings. The minimum Gasteiger partial charge on any atom is -0.394 e. The van der Waals surface area contributed by atoms with E-state index >= 15 is 0 Å². The molecule has 12 atom stereocenters. The van der Waals surface area contributed by atoms with Crippen LogP contribution < -0.4 is 5.32 Å². The summed E-state index contributed by atoms with van der Waals surface area (Å²) < 4.78 is 22.8. The standard InChI is InChI=1S/C70H119NO13/c1-3-5-7-9-11-13-15-17-19-21-23-25-26-27-28-29-30-31-32-34-36-38-40-42-44-46-48-50-52-54-62(75)71-58(59(74)53-51-49-47-45-43-41-39-37-35-33-24-22-20-18-16-14-12-10-8-6-4-2)57-81-69-67(80)65(78)68(61(56-73)83-69)84-70-66(79)64(77)63(76)60(55-72)82-70/h5,7,11,13,17,19,23,25,27-28,30-31,34,36,40,42,51,53,58-61,63-70,72-74,76-80H,3-4,6,8-10,12,14-16,18,20-22,24,26,29,32-33,35,37-39,41,43-50,52,54-57H2,1-2H3,(H,71,75)/b7-5-,13-11-,19-17-,25-23-,28-27-,31-30-,36-34-,42-40-,53-51+. The van der Waals surface area contributed by atoms with Gasteiger partial charge in [0.15, 0.2) is 12.6 Å². The van der Waals surface area contributed by atoms with Gasteiger partial charge in [0.2, 0.25) is 5.91 Å². The predicted molar refractivity (Wildman–Crippen MR) is 341 cm³/mol. The number of ether oxygens (including phenoxy) is 4. The van der Waals surface area contributed by atoms with Crippen LogP contribution in [0, 0.1) is 0 Å². The van der Waals surface area contributed by atoms with Gasteiger partial charge in [0.05, 0.1) is 32.0 Å². The Balaban J connectivity index is 1.74. The smallest absolute Gasteiger partial charge is 0.220 e. The maximum absolute atomic E-state index is 13.3. The van der Waals surface area contributed by atoms with Crippen molar-refractivity contribution in [2.45, 2.75) is 306 Å². The second-order valence-corrected chi connectivity index (χ2v) is 22.9. The molecule has 2 heterocycles. The normalized spacial score (nSPS) is 24.4. The van der Waals surface area contributed by atoms with Crippen molar-refractivity contribution in [3.63, 3.8) is 0 Å². The first-order chi connectivity index (χ1) is 41.1. The number of amides is 1. The molecule has 0 bridgehead atoms. The Labute approximate surface area is 508 Å². The second-order valence-electron chi connectivity index (χ2n) is 22.9. The van der Waals surface area contributed by atoms with Crippen molar-refractivity contribution >= 4 is 5.91 Å². The zero-order valence-electron chi connectivity index (χ0n) is 52.1. The molecular weight excluding hydrogens is 1060 g/mol. The van der Waals surface area contributed by atoms with Gasteiger partial charge in [0.1, 0.15) is 48.8 Å². The highest BCUT2D eigenvalue weighted by atomic mass is 16.7. The van der Waals surface area contributed by atoms with Crippen LogP contribution in [0.25, 0.3) is 0 Å².